The molecule has 24 heavy (non-hydrogen) atoms. The fourth-order valence-electron chi connectivity index (χ4n) is 3.92. The third-order valence-electron chi connectivity index (χ3n) is 5.42. The number of rotatable bonds is 6. The Kier molecular flexibility index (Phi) is 5.20. The maximum Gasteiger partial charge on any atom is 0.215 e. The van der Waals surface area contributed by atoms with Crippen LogP contribution < -0.4 is 10.2 Å². The van der Waals surface area contributed by atoms with E-state index in [9.17, 15) is 9.59 Å². The summed E-state index contributed by atoms with van der Waals surface area (Å²) in [7, 11) is 0. The molecule has 2 fully saturated rings. The molecule has 1 saturated heterocycles. The van der Waals surface area contributed by atoms with Crippen LogP contribution in [0.1, 0.15) is 44.6 Å². The summed E-state index contributed by atoms with van der Waals surface area (Å²) in [5, 5.41) is 4.08. The smallest absolute Gasteiger partial charge is 0.215 e. The fraction of sp³-hybridized carbons (Fsp3) is 0.647. The summed E-state index contributed by atoms with van der Waals surface area (Å²) < 4.78 is 0. The predicted molar refractivity (Wildman–Crippen MR) is 94.1 cm³/mol. The van der Waals surface area contributed by atoms with Gasteiger partial charge >= 0.3 is 0 Å². The van der Waals surface area contributed by atoms with Crippen molar-refractivity contribution >= 4 is 30.3 Å². The van der Waals surface area contributed by atoms with Crippen LogP contribution in [0.4, 0.5) is 5.82 Å². The molecule has 1 aliphatic heterocycles. The van der Waals surface area contributed by atoms with E-state index in [1.807, 2.05) is 13.2 Å². The Hall–Kier alpha value is -1.47. The molecule has 1 aromatic heterocycles. The van der Waals surface area contributed by atoms with Gasteiger partial charge in [-0.25, -0.2) is 9.97 Å². The summed E-state index contributed by atoms with van der Waals surface area (Å²) in [6, 6.07) is 0.186. The summed E-state index contributed by atoms with van der Waals surface area (Å²) in [5.41, 5.74) is 0.308. The molecular weight excluding hydrogens is 324 g/mol. The standard InChI is InChI=1S/C17H24N4O2S/c1-17(12(10-22)7-8-19-17)14-9-18-16(24-2)20-15(14)21(11-23)13-5-3-4-6-13/h9-13,19H,3-8H2,1-2H3/t12?,17-/m1/s1. The quantitative estimate of drug-likeness (QED) is 0.482. The summed E-state index contributed by atoms with van der Waals surface area (Å²) in [5.74, 6) is 0.511. The number of thioether (sulfide) groups is 1. The molecule has 1 aromatic rings. The first-order valence-corrected chi connectivity index (χ1v) is 9.72. The van der Waals surface area contributed by atoms with E-state index >= 15 is 0 Å². The van der Waals surface area contributed by atoms with E-state index in [0.29, 0.717) is 11.0 Å². The van der Waals surface area contributed by atoms with E-state index < -0.39 is 5.54 Å². The molecule has 1 unspecified atom stereocenters. The fourth-order valence-corrected chi connectivity index (χ4v) is 4.25. The highest BCUT2D eigenvalue weighted by molar-refractivity contribution is 7.98. The van der Waals surface area contributed by atoms with Crippen molar-refractivity contribution in [3.8, 4) is 0 Å². The molecule has 3 rings (SSSR count). The van der Waals surface area contributed by atoms with Crippen LogP contribution in [-0.2, 0) is 15.1 Å². The third kappa shape index (κ3) is 2.95. The third-order valence-corrected chi connectivity index (χ3v) is 5.98. The van der Waals surface area contributed by atoms with Crippen molar-refractivity contribution in [2.24, 2.45) is 5.92 Å². The minimum atomic E-state index is -0.534. The molecule has 6 nitrogen and oxygen atoms in total. The summed E-state index contributed by atoms with van der Waals surface area (Å²) in [4.78, 5) is 34.3. The molecule has 7 heteroatoms. The second-order valence-electron chi connectivity index (χ2n) is 6.71. The van der Waals surface area contributed by atoms with Gasteiger partial charge in [-0.15, -0.1) is 0 Å². The zero-order chi connectivity index (χ0) is 17.2. The molecule has 0 spiro atoms. The lowest BCUT2D eigenvalue weighted by molar-refractivity contribution is -0.112. The second kappa shape index (κ2) is 7.19. The van der Waals surface area contributed by atoms with E-state index in [2.05, 4.69) is 15.3 Å². The molecule has 0 aromatic carbocycles. The van der Waals surface area contributed by atoms with Crippen LogP contribution in [0, 0.1) is 5.92 Å². The zero-order valence-electron chi connectivity index (χ0n) is 14.2. The molecule has 1 aliphatic carbocycles. The van der Waals surface area contributed by atoms with Crippen molar-refractivity contribution in [1.82, 2.24) is 15.3 Å². The van der Waals surface area contributed by atoms with Crippen LogP contribution in [-0.4, -0.2) is 41.5 Å². The van der Waals surface area contributed by atoms with Crippen LogP contribution in [0.2, 0.25) is 0 Å². The van der Waals surface area contributed by atoms with Gasteiger partial charge in [-0.3, -0.25) is 9.69 Å². The molecule has 0 bridgehead atoms. The summed E-state index contributed by atoms with van der Waals surface area (Å²) >= 11 is 1.46. The molecule has 1 saturated carbocycles. The Morgan fingerprint density at radius 1 is 1.33 bits per heavy atom. The van der Waals surface area contributed by atoms with Gasteiger partial charge in [0.15, 0.2) is 5.16 Å². The second-order valence-corrected chi connectivity index (χ2v) is 7.48. The Bertz CT molecular complexity index is 621. The van der Waals surface area contributed by atoms with E-state index in [1.165, 1.54) is 11.8 Å². The lowest BCUT2D eigenvalue weighted by Crippen LogP contribution is -2.43. The van der Waals surface area contributed by atoms with Crippen molar-refractivity contribution in [1.29, 1.82) is 0 Å². The maximum absolute atomic E-state index is 11.9. The van der Waals surface area contributed by atoms with E-state index in [1.54, 1.807) is 11.1 Å². The number of nitrogens with one attached hydrogen (secondary N) is 1. The first-order chi connectivity index (χ1) is 11.6. The van der Waals surface area contributed by atoms with Gasteiger partial charge in [-0.1, -0.05) is 24.6 Å². The van der Waals surface area contributed by atoms with Crippen molar-refractivity contribution < 1.29 is 9.59 Å². The monoisotopic (exact) mass is 348 g/mol. The first kappa shape index (κ1) is 17.4. The lowest BCUT2D eigenvalue weighted by atomic mass is 9.82. The average Bonchev–Trinajstić information content (AvgIpc) is 3.25. The molecule has 0 radical (unpaired) electrons. The van der Waals surface area contributed by atoms with Gasteiger partial charge in [0.2, 0.25) is 6.41 Å². The highest BCUT2D eigenvalue weighted by atomic mass is 32.2. The minimum Gasteiger partial charge on any atom is -0.307 e. The topological polar surface area (TPSA) is 75.2 Å². The molecule has 2 aliphatic rings. The first-order valence-electron chi connectivity index (χ1n) is 8.49. The Morgan fingerprint density at radius 2 is 2.08 bits per heavy atom. The van der Waals surface area contributed by atoms with Crippen LogP contribution in [0.5, 0.6) is 0 Å². The van der Waals surface area contributed by atoms with Gasteiger partial charge in [-0.2, -0.15) is 0 Å². The summed E-state index contributed by atoms with van der Waals surface area (Å²) in [6.45, 7) is 2.78. The number of anilines is 1. The van der Waals surface area contributed by atoms with Gasteiger partial charge in [0.25, 0.3) is 0 Å². The molecule has 1 N–H and O–H groups in total. The number of hydrogen-bond donors (Lipinski definition) is 1. The lowest BCUT2D eigenvalue weighted by Gasteiger charge is -2.34. The van der Waals surface area contributed by atoms with Gasteiger partial charge in [0.1, 0.15) is 12.1 Å². The van der Waals surface area contributed by atoms with Gasteiger partial charge in [0.05, 0.1) is 5.54 Å². The van der Waals surface area contributed by atoms with Crippen molar-refractivity contribution in [2.45, 2.75) is 55.8 Å². The highest BCUT2D eigenvalue weighted by Gasteiger charge is 2.43. The van der Waals surface area contributed by atoms with Crippen molar-refractivity contribution in [2.75, 3.05) is 17.7 Å². The molecule has 1 amide bonds. The SMILES string of the molecule is CSc1ncc([C@]2(C)NCCC2C=O)c(N(C=O)C2CCCC2)n1. The number of amides is 1. The highest BCUT2D eigenvalue weighted by Crippen LogP contribution is 2.40. The van der Waals surface area contributed by atoms with Crippen LogP contribution in [0.3, 0.4) is 0 Å². The minimum absolute atomic E-state index is 0.142. The number of carbonyl (C=O) groups is 2. The normalized spacial score (nSPS) is 27.3. The van der Waals surface area contributed by atoms with Crippen LogP contribution in [0.15, 0.2) is 11.4 Å². The molecule has 130 valence electrons. The molecule has 2 heterocycles. The van der Waals surface area contributed by atoms with Gasteiger partial charge < -0.3 is 10.1 Å². The largest absolute Gasteiger partial charge is 0.307 e. The van der Waals surface area contributed by atoms with Crippen LogP contribution >= 0.6 is 11.8 Å². The number of nitrogens with zero attached hydrogens (tertiary/aromatic N) is 3. The number of hydrogen-bond acceptors (Lipinski definition) is 6. The predicted octanol–water partition coefficient (Wildman–Crippen LogP) is 2.13. The summed E-state index contributed by atoms with van der Waals surface area (Å²) in [6.07, 6.45) is 10.7. The molecule has 2 atom stereocenters. The number of carbonyl (C=O) groups excluding carboxylic acids is 2. The molecular formula is C17H24N4O2S. The average molecular weight is 348 g/mol. The van der Waals surface area contributed by atoms with Crippen molar-refractivity contribution in [3.63, 3.8) is 0 Å². The van der Waals surface area contributed by atoms with E-state index in [-0.39, 0.29) is 12.0 Å². The maximum atomic E-state index is 11.9. The number of aldehydes is 1. The Labute approximate surface area is 146 Å². The van der Waals surface area contributed by atoms with Crippen molar-refractivity contribution in [3.05, 3.63) is 11.8 Å². The Balaban J connectivity index is 2.08. The van der Waals surface area contributed by atoms with Crippen LogP contribution in [0.25, 0.3) is 0 Å². The van der Waals surface area contributed by atoms with E-state index in [0.717, 1.165) is 56.9 Å². The van der Waals surface area contributed by atoms with Gasteiger partial charge in [-0.05, 0) is 39.0 Å². The van der Waals surface area contributed by atoms with Gasteiger partial charge in [0, 0.05) is 23.7 Å². The Morgan fingerprint density at radius 3 is 2.71 bits per heavy atom. The zero-order valence-corrected chi connectivity index (χ0v) is 15.0. The van der Waals surface area contributed by atoms with E-state index in [4.69, 9.17) is 0 Å². The number of aromatic nitrogens is 2.